The molecule has 0 aliphatic rings. The van der Waals surface area contributed by atoms with Crippen LogP contribution in [0.5, 0.6) is 5.75 Å². The van der Waals surface area contributed by atoms with Gasteiger partial charge in [0.1, 0.15) is 11.6 Å². The van der Waals surface area contributed by atoms with Crippen LogP contribution in [-0.2, 0) is 6.42 Å². The maximum atomic E-state index is 13.8. The lowest BCUT2D eigenvalue weighted by molar-refractivity contribution is 0.409. The highest BCUT2D eigenvalue weighted by Gasteiger charge is 2.15. The van der Waals surface area contributed by atoms with Crippen molar-refractivity contribution in [3.05, 3.63) is 64.4 Å². The molecule has 0 spiro atoms. The molecule has 19 heavy (non-hydrogen) atoms. The number of alkyl halides is 1. The van der Waals surface area contributed by atoms with Gasteiger partial charge in [0.05, 0.1) is 12.5 Å². The molecule has 1 atom stereocenters. The summed E-state index contributed by atoms with van der Waals surface area (Å²) in [6.45, 7) is 0. The molecule has 0 saturated heterocycles. The Balaban J connectivity index is 2.23. The van der Waals surface area contributed by atoms with Crippen LogP contribution in [0, 0.1) is 5.82 Å². The van der Waals surface area contributed by atoms with E-state index >= 15 is 0 Å². The zero-order valence-corrected chi connectivity index (χ0v) is 11.9. The largest absolute Gasteiger partial charge is 0.496 e. The molecule has 2 aromatic rings. The van der Waals surface area contributed by atoms with E-state index in [1.165, 1.54) is 6.07 Å². The van der Waals surface area contributed by atoms with Gasteiger partial charge in [-0.3, -0.25) is 0 Å². The molecule has 0 fully saturated rings. The summed E-state index contributed by atoms with van der Waals surface area (Å²) < 4.78 is 19.0. The van der Waals surface area contributed by atoms with Crippen LogP contribution in [0.1, 0.15) is 16.5 Å². The molecule has 0 aliphatic carbocycles. The van der Waals surface area contributed by atoms with Gasteiger partial charge in [0.25, 0.3) is 0 Å². The van der Waals surface area contributed by atoms with Crippen LogP contribution in [0.15, 0.2) is 42.5 Å². The van der Waals surface area contributed by atoms with Crippen molar-refractivity contribution in [1.29, 1.82) is 0 Å². The van der Waals surface area contributed by atoms with E-state index in [2.05, 4.69) is 0 Å². The van der Waals surface area contributed by atoms with Gasteiger partial charge in [-0.1, -0.05) is 35.9 Å². The third kappa shape index (κ3) is 3.40. The SMILES string of the molecule is COc1ccccc1CC(Cl)c1ccc(Cl)cc1F. The number of benzene rings is 2. The van der Waals surface area contributed by atoms with Gasteiger partial charge < -0.3 is 4.74 Å². The number of hydrogen-bond donors (Lipinski definition) is 0. The zero-order valence-electron chi connectivity index (χ0n) is 10.4. The van der Waals surface area contributed by atoms with Crippen LogP contribution in [-0.4, -0.2) is 7.11 Å². The lowest BCUT2D eigenvalue weighted by Crippen LogP contribution is -2.01. The Morgan fingerprint density at radius 1 is 1.21 bits per heavy atom. The first-order valence-electron chi connectivity index (χ1n) is 5.82. The van der Waals surface area contributed by atoms with Crippen molar-refractivity contribution in [3.63, 3.8) is 0 Å². The van der Waals surface area contributed by atoms with Crippen molar-refractivity contribution in [1.82, 2.24) is 0 Å². The van der Waals surface area contributed by atoms with Crippen LogP contribution in [0.3, 0.4) is 0 Å². The van der Waals surface area contributed by atoms with Crippen LogP contribution in [0.4, 0.5) is 4.39 Å². The lowest BCUT2D eigenvalue weighted by Gasteiger charge is -2.13. The average molecular weight is 299 g/mol. The van der Waals surface area contributed by atoms with Gasteiger partial charge >= 0.3 is 0 Å². The second-order valence-corrected chi connectivity index (χ2v) is 5.11. The summed E-state index contributed by atoms with van der Waals surface area (Å²) in [5, 5.41) is -0.101. The Kier molecular flexibility index (Phi) is 4.67. The standard InChI is InChI=1S/C15H13Cl2FO/c1-19-15-5-3-2-4-10(15)8-13(17)12-7-6-11(16)9-14(12)18/h2-7,9,13H,8H2,1H3. The first kappa shape index (κ1) is 14.2. The number of methoxy groups -OCH3 is 1. The molecular formula is C15H13Cl2FO. The summed E-state index contributed by atoms with van der Waals surface area (Å²) in [7, 11) is 1.60. The minimum absolute atomic E-state index is 0.363. The van der Waals surface area contributed by atoms with Crippen molar-refractivity contribution in [2.75, 3.05) is 7.11 Å². The van der Waals surface area contributed by atoms with E-state index in [1.807, 2.05) is 24.3 Å². The molecular weight excluding hydrogens is 286 g/mol. The summed E-state index contributed by atoms with van der Waals surface area (Å²) in [5.74, 6) is 0.366. The van der Waals surface area contributed by atoms with Crippen molar-refractivity contribution in [3.8, 4) is 5.75 Å². The molecule has 2 rings (SSSR count). The van der Waals surface area contributed by atoms with Gasteiger partial charge in [0.15, 0.2) is 0 Å². The molecule has 0 amide bonds. The quantitative estimate of drug-likeness (QED) is 0.721. The molecule has 0 aromatic heterocycles. The maximum Gasteiger partial charge on any atom is 0.129 e. The highest BCUT2D eigenvalue weighted by Crippen LogP contribution is 2.31. The molecule has 4 heteroatoms. The topological polar surface area (TPSA) is 9.23 Å². The number of hydrogen-bond acceptors (Lipinski definition) is 1. The van der Waals surface area contributed by atoms with Crippen LogP contribution in [0.2, 0.25) is 5.02 Å². The normalized spacial score (nSPS) is 12.2. The third-order valence-corrected chi connectivity index (χ3v) is 3.52. The lowest BCUT2D eigenvalue weighted by atomic mass is 10.0. The molecule has 0 radical (unpaired) electrons. The minimum Gasteiger partial charge on any atom is -0.496 e. The van der Waals surface area contributed by atoms with Gasteiger partial charge in [-0.25, -0.2) is 4.39 Å². The maximum absolute atomic E-state index is 13.8. The van der Waals surface area contributed by atoms with Gasteiger partial charge in [0, 0.05) is 10.6 Å². The van der Waals surface area contributed by atoms with E-state index in [0.717, 1.165) is 11.3 Å². The van der Waals surface area contributed by atoms with Crippen LogP contribution in [0.25, 0.3) is 0 Å². The molecule has 100 valence electrons. The van der Waals surface area contributed by atoms with Crippen molar-refractivity contribution in [2.45, 2.75) is 11.8 Å². The van der Waals surface area contributed by atoms with Gasteiger partial charge in [-0.2, -0.15) is 0 Å². The second kappa shape index (κ2) is 6.27. The fourth-order valence-electron chi connectivity index (χ4n) is 1.93. The summed E-state index contributed by atoms with van der Waals surface area (Å²) in [6.07, 6.45) is 0.490. The molecule has 0 N–H and O–H groups in total. The van der Waals surface area contributed by atoms with Crippen LogP contribution < -0.4 is 4.74 Å². The third-order valence-electron chi connectivity index (χ3n) is 2.89. The van der Waals surface area contributed by atoms with Gasteiger partial charge in [-0.15, -0.1) is 11.6 Å². The van der Waals surface area contributed by atoms with Gasteiger partial charge in [0.2, 0.25) is 0 Å². The van der Waals surface area contributed by atoms with Crippen molar-refractivity contribution >= 4 is 23.2 Å². The Hall–Kier alpha value is -1.25. The Morgan fingerprint density at radius 3 is 2.63 bits per heavy atom. The molecule has 0 heterocycles. The summed E-state index contributed by atoms with van der Waals surface area (Å²) >= 11 is 12.0. The first-order chi connectivity index (χ1) is 9.11. The Morgan fingerprint density at radius 2 is 1.95 bits per heavy atom. The van der Waals surface area contributed by atoms with Crippen LogP contribution >= 0.6 is 23.2 Å². The molecule has 0 saturated carbocycles. The zero-order chi connectivity index (χ0) is 13.8. The Labute approximate surface area is 121 Å². The number of para-hydroxylation sites is 1. The monoisotopic (exact) mass is 298 g/mol. The summed E-state index contributed by atoms with van der Waals surface area (Å²) in [5.41, 5.74) is 1.39. The number of halogens is 3. The van der Waals surface area contributed by atoms with E-state index in [-0.39, 0.29) is 5.82 Å². The second-order valence-electron chi connectivity index (χ2n) is 4.15. The van der Waals surface area contributed by atoms with E-state index in [1.54, 1.807) is 19.2 Å². The Bertz CT molecular complexity index is 572. The van der Waals surface area contributed by atoms with E-state index in [4.69, 9.17) is 27.9 Å². The average Bonchev–Trinajstić information content (AvgIpc) is 2.39. The molecule has 1 nitrogen and oxygen atoms in total. The molecule has 0 bridgehead atoms. The van der Waals surface area contributed by atoms with Crippen molar-refractivity contribution < 1.29 is 9.13 Å². The predicted octanol–water partition coefficient (Wildman–Crippen LogP) is 5.01. The fraction of sp³-hybridized carbons (Fsp3) is 0.200. The smallest absolute Gasteiger partial charge is 0.129 e. The fourth-order valence-corrected chi connectivity index (χ4v) is 2.43. The first-order valence-corrected chi connectivity index (χ1v) is 6.64. The number of rotatable bonds is 4. The number of ether oxygens (including phenoxy) is 1. The summed E-state index contributed by atoms with van der Waals surface area (Å²) in [4.78, 5) is 0. The molecule has 1 unspecified atom stereocenters. The van der Waals surface area contributed by atoms with E-state index in [0.29, 0.717) is 17.0 Å². The summed E-state index contributed by atoms with van der Waals surface area (Å²) in [6, 6.07) is 12.1. The van der Waals surface area contributed by atoms with Crippen molar-refractivity contribution in [2.24, 2.45) is 0 Å². The molecule has 0 aliphatic heterocycles. The minimum atomic E-state index is -0.464. The van der Waals surface area contributed by atoms with E-state index in [9.17, 15) is 4.39 Å². The highest BCUT2D eigenvalue weighted by atomic mass is 35.5. The predicted molar refractivity (Wildman–Crippen MR) is 76.7 cm³/mol. The highest BCUT2D eigenvalue weighted by molar-refractivity contribution is 6.30. The van der Waals surface area contributed by atoms with Gasteiger partial charge in [-0.05, 0) is 30.2 Å². The van der Waals surface area contributed by atoms with E-state index < -0.39 is 5.38 Å². The molecule has 2 aromatic carbocycles.